The SMILES string of the molecule is Cc1cc(CC(O)CCN)ccc1Br. The van der Waals surface area contributed by atoms with Crippen molar-refractivity contribution in [1.82, 2.24) is 0 Å². The first kappa shape index (κ1) is 11.7. The number of hydrogen-bond donors (Lipinski definition) is 2. The number of aryl methyl sites for hydroxylation is 1. The Labute approximate surface area is 93.3 Å². The Morgan fingerprint density at radius 1 is 1.50 bits per heavy atom. The van der Waals surface area contributed by atoms with Crippen molar-refractivity contribution < 1.29 is 5.11 Å². The molecule has 78 valence electrons. The molecule has 1 aromatic rings. The maximum Gasteiger partial charge on any atom is 0.0592 e. The molecule has 3 heteroatoms. The standard InChI is InChI=1S/C11H16BrNO/c1-8-6-9(2-3-11(8)12)7-10(14)4-5-13/h2-3,6,10,14H,4-5,7,13H2,1H3. The maximum absolute atomic E-state index is 9.57. The zero-order valence-corrected chi connectivity index (χ0v) is 9.92. The van der Waals surface area contributed by atoms with Gasteiger partial charge in [-0.1, -0.05) is 28.1 Å². The molecule has 1 atom stereocenters. The molecule has 0 saturated heterocycles. The van der Waals surface area contributed by atoms with Gasteiger partial charge in [-0.2, -0.15) is 0 Å². The Morgan fingerprint density at radius 3 is 2.79 bits per heavy atom. The van der Waals surface area contributed by atoms with Crippen LogP contribution in [-0.2, 0) is 6.42 Å². The molecule has 0 spiro atoms. The Bertz CT molecular complexity index is 301. The van der Waals surface area contributed by atoms with E-state index < -0.39 is 0 Å². The number of hydrogen-bond acceptors (Lipinski definition) is 2. The van der Waals surface area contributed by atoms with E-state index in [1.165, 1.54) is 5.56 Å². The number of aliphatic hydroxyl groups is 1. The van der Waals surface area contributed by atoms with Crippen LogP contribution < -0.4 is 5.73 Å². The van der Waals surface area contributed by atoms with Gasteiger partial charge in [0.05, 0.1) is 6.10 Å². The van der Waals surface area contributed by atoms with E-state index >= 15 is 0 Å². The second-order valence-corrected chi connectivity index (χ2v) is 4.37. The molecule has 1 aromatic carbocycles. The molecule has 0 amide bonds. The Kier molecular flexibility index (Phi) is 4.58. The molecule has 0 aromatic heterocycles. The molecule has 14 heavy (non-hydrogen) atoms. The van der Waals surface area contributed by atoms with Crippen LogP contribution in [-0.4, -0.2) is 17.8 Å². The van der Waals surface area contributed by atoms with Crippen LogP contribution in [0.5, 0.6) is 0 Å². The van der Waals surface area contributed by atoms with Crippen LogP contribution in [0.15, 0.2) is 22.7 Å². The van der Waals surface area contributed by atoms with Crippen molar-refractivity contribution in [3.8, 4) is 0 Å². The van der Waals surface area contributed by atoms with Crippen LogP contribution in [0.4, 0.5) is 0 Å². The van der Waals surface area contributed by atoms with Crippen molar-refractivity contribution in [3.05, 3.63) is 33.8 Å². The predicted molar refractivity (Wildman–Crippen MR) is 62.3 cm³/mol. The number of halogens is 1. The van der Waals surface area contributed by atoms with E-state index in [0.29, 0.717) is 19.4 Å². The normalized spacial score (nSPS) is 12.9. The van der Waals surface area contributed by atoms with Gasteiger partial charge in [0.2, 0.25) is 0 Å². The summed E-state index contributed by atoms with van der Waals surface area (Å²) in [6, 6.07) is 6.13. The van der Waals surface area contributed by atoms with E-state index in [2.05, 4.69) is 22.0 Å². The monoisotopic (exact) mass is 257 g/mol. The molecule has 2 nitrogen and oxygen atoms in total. The van der Waals surface area contributed by atoms with Crippen LogP contribution >= 0.6 is 15.9 Å². The zero-order valence-electron chi connectivity index (χ0n) is 8.33. The second-order valence-electron chi connectivity index (χ2n) is 3.52. The van der Waals surface area contributed by atoms with E-state index in [-0.39, 0.29) is 6.10 Å². The van der Waals surface area contributed by atoms with E-state index in [4.69, 9.17) is 5.73 Å². The molecule has 0 saturated carbocycles. The first-order valence-corrected chi connectivity index (χ1v) is 5.56. The predicted octanol–water partition coefficient (Wildman–Crippen LogP) is 2.01. The Morgan fingerprint density at radius 2 is 2.21 bits per heavy atom. The maximum atomic E-state index is 9.57. The van der Waals surface area contributed by atoms with Crippen molar-refractivity contribution in [1.29, 1.82) is 0 Å². The van der Waals surface area contributed by atoms with Crippen molar-refractivity contribution in [3.63, 3.8) is 0 Å². The van der Waals surface area contributed by atoms with Crippen LogP contribution in [0, 0.1) is 6.92 Å². The van der Waals surface area contributed by atoms with E-state index in [1.54, 1.807) is 0 Å². The fourth-order valence-electron chi connectivity index (χ4n) is 1.40. The van der Waals surface area contributed by atoms with Gasteiger partial charge in [0.1, 0.15) is 0 Å². The zero-order chi connectivity index (χ0) is 10.6. The highest BCUT2D eigenvalue weighted by atomic mass is 79.9. The van der Waals surface area contributed by atoms with Gasteiger partial charge >= 0.3 is 0 Å². The summed E-state index contributed by atoms with van der Waals surface area (Å²) in [7, 11) is 0. The third-order valence-electron chi connectivity index (χ3n) is 2.19. The smallest absolute Gasteiger partial charge is 0.0592 e. The molecule has 0 aliphatic carbocycles. The molecular formula is C11H16BrNO. The average Bonchev–Trinajstić information content (AvgIpc) is 2.12. The van der Waals surface area contributed by atoms with Crippen LogP contribution in [0.2, 0.25) is 0 Å². The molecule has 0 bridgehead atoms. The highest BCUT2D eigenvalue weighted by Crippen LogP contribution is 2.18. The van der Waals surface area contributed by atoms with Crippen molar-refractivity contribution in [2.45, 2.75) is 25.9 Å². The molecule has 0 fully saturated rings. The third-order valence-corrected chi connectivity index (χ3v) is 3.08. The first-order valence-electron chi connectivity index (χ1n) is 4.76. The number of aliphatic hydroxyl groups excluding tert-OH is 1. The number of rotatable bonds is 4. The quantitative estimate of drug-likeness (QED) is 0.867. The van der Waals surface area contributed by atoms with Gasteiger partial charge in [0.15, 0.2) is 0 Å². The summed E-state index contributed by atoms with van der Waals surface area (Å²) in [5.41, 5.74) is 7.73. The summed E-state index contributed by atoms with van der Waals surface area (Å²) in [6.07, 6.45) is 1.03. The van der Waals surface area contributed by atoms with E-state index in [0.717, 1.165) is 10.0 Å². The van der Waals surface area contributed by atoms with Gasteiger partial charge < -0.3 is 10.8 Å². The van der Waals surface area contributed by atoms with Gasteiger partial charge in [-0.05, 0) is 43.5 Å². The minimum atomic E-state index is -0.319. The fourth-order valence-corrected chi connectivity index (χ4v) is 1.65. The molecule has 1 unspecified atom stereocenters. The molecule has 0 heterocycles. The first-order chi connectivity index (χ1) is 6.63. The van der Waals surface area contributed by atoms with Crippen molar-refractivity contribution in [2.75, 3.05) is 6.54 Å². The molecular weight excluding hydrogens is 242 g/mol. The summed E-state index contributed by atoms with van der Waals surface area (Å²) in [5.74, 6) is 0. The second kappa shape index (κ2) is 5.49. The summed E-state index contributed by atoms with van der Waals surface area (Å²) in [6.45, 7) is 2.58. The molecule has 0 aliphatic rings. The lowest BCUT2D eigenvalue weighted by Gasteiger charge is -2.10. The van der Waals surface area contributed by atoms with Crippen LogP contribution in [0.1, 0.15) is 17.5 Å². The Balaban J connectivity index is 2.63. The van der Waals surface area contributed by atoms with Gasteiger partial charge in [-0.15, -0.1) is 0 Å². The molecule has 3 N–H and O–H groups in total. The lowest BCUT2D eigenvalue weighted by molar-refractivity contribution is 0.167. The largest absolute Gasteiger partial charge is 0.393 e. The summed E-state index contributed by atoms with van der Waals surface area (Å²) in [4.78, 5) is 0. The molecule has 0 radical (unpaired) electrons. The number of nitrogens with two attached hydrogens (primary N) is 1. The molecule has 1 rings (SSSR count). The molecule has 0 aliphatic heterocycles. The van der Waals surface area contributed by atoms with Gasteiger partial charge in [-0.3, -0.25) is 0 Å². The van der Waals surface area contributed by atoms with Gasteiger partial charge in [0, 0.05) is 4.47 Å². The summed E-state index contributed by atoms with van der Waals surface area (Å²) >= 11 is 3.44. The van der Waals surface area contributed by atoms with Crippen molar-refractivity contribution >= 4 is 15.9 Å². The third kappa shape index (κ3) is 3.40. The fraction of sp³-hybridized carbons (Fsp3) is 0.455. The lowest BCUT2D eigenvalue weighted by Crippen LogP contribution is -2.15. The highest BCUT2D eigenvalue weighted by Gasteiger charge is 2.05. The van der Waals surface area contributed by atoms with Crippen LogP contribution in [0.25, 0.3) is 0 Å². The number of benzene rings is 1. The summed E-state index contributed by atoms with van der Waals surface area (Å²) < 4.78 is 1.11. The van der Waals surface area contributed by atoms with Crippen molar-refractivity contribution in [2.24, 2.45) is 5.73 Å². The van der Waals surface area contributed by atoms with Crippen LogP contribution in [0.3, 0.4) is 0 Å². The highest BCUT2D eigenvalue weighted by molar-refractivity contribution is 9.10. The van der Waals surface area contributed by atoms with Gasteiger partial charge in [0.25, 0.3) is 0 Å². The topological polar surface area (TPSA) is 46.2 Å². The van der Waals surface area contributed by atoms with E-state index in [1.807, 2.05) is 19.1 Å². The lowest BCUT2D eigenvalue weighted by atomic mass is 10.0. The minimum absolute atomic E-state index is 0.319. The van der Waals surface area contributed by atoms with Gasteiger partial charge in [-0.25, -0.2) is 0 Å². The van der Waals surface area contributed by atoms with E-state index in [9.17, 15) is 5.11 Å². The Hall–Kier alpha value is -0.380. The average molecular weight is 258 g/mol. The summed E-state index contributed by atoms with van der Waals surface area (Å²) in [5, 5.41) is 9.57. The minimum Gasteiger partial charge on any atom is -0.393 e.